The summed E-state index contributed by atoms with van der Waals surface area (Å²) < 4.78 is 0. The fourth-order valence-corrected chi connectivity index (χ4v) is 3.16. The van der Waals surface area contributed by atoms with Crippen molar-refractivity contribution in [1.82, 2.24) is 10.2 Å². The minimum absolute atomic E-state index is 0.114. The lowest BCUT2D eigenvalue weighted by Gasteiger charge is -2.17. The number of fused-ring (bicyclic) bond motifs is 1. The largest absolute Gasteiger partial charge is 0.396 e. The van der Waals surface area contributed by atoms with E-state index in [4.69, 9.17) is 10.1 Å². The molecular formula is C20H25N3O2. The molecule has 0 amide bonds. The maximum absolute atomic E-state index is 12.3. The quantitative estimate of drug-likeness (QED) is 0.724. The second kappa shape index (κ2) is 6.84. The molecule has 0 aliphatic carbocycles. The number of H-pyrrole nitrogens is 2. The molecule has 2 heterocycles. The third-order valence-electron chi connectivity index (χ3n) is 4.44. The molecule has 0 fully saturated rings. The van der Waals surface area contributed by atoms with E-state index in [0.717, 1.165) is 47.5 Å². The van der Waals surface area contributed by atoms with Crippen LogP contribution in [0.4, 0.5) is 5.69 Å². The molecule has 1 aliphatic heterocycles. The lowest BCUT2D eigenvalue weighted by atomic mass is 9.88. The van der Waals surface area contributed by atoms with Gasteiger partial charge in [0, 0.05) is 34.6 Å². The predicted octanol–water partition coefficient (Wildman–Crippen LogP) is 3.79. The Bertz CT molecular complexity index is 879. The van der Waals surface area contributed by atoms with Crippen molar-refractivity contribution in [1.29, 1.82) is 0 Å². The lowest BCUT2D eigenvalue weighted by molar-refractivity contribution is 0.285. The number of nitrogens with zero attached hydrogens (tertiary/aromatic N) is 1. The van der Waals surface area contributed by atoms with E-state index in [1.54, 1.807) is 0 Å². The number of aliphatic hydroxyl groups is 1. The zero-order chi connectivity index (χ0) is 18.0. The number of unbranched alkanes of at least 4 members (excludes halogenated alkanes) is 1. The van der Waals surface area contributed by atoms with Gasteiger partial charge in [-0.25, -0.2) is 0 Å². The molecule has 3 N–H and O–H groups in total. The van der Waals surface area contributed by atoms with Gasteiger partial charge in [0.15, 0.2) is 0 Å². The number of aromatic nitrogens is 2. The number of rotatable bonds is 5. The van der Waals surface area contributed by atoms with Crippen molar-refractivity contribution in [3.8, 4) is 0 Å². The first-order valence-electron chi connectivity index (χ1n) is 8.73. The summed E-state index contributed by atoms with van der Waals surface area (Å²) in [6.07, 6.45) is 4.37. The maximum Gasteiger partial charge on any atom is 0.271 e. The Kier molecular flexibility index (Phi) is 4.77. The summed E-state index contributed by atoms with van der Waals surface area (Å²) in [7, 11) is 0. The topological polar surface area (TPSA) is 81.2 Å². The zero-order valence-electron chi connectivity index (χ0n) is 15.0. The molecule has 0 saturated carbocycles. The molecule has 5 heteroatoms. The fourth-order valence-electron chi connectivity index (χ4n) is 3.16. The molecule has 0 bridgehead atoms. The Morgan fingerprint density at radius 2 is 1.92 bits per heavy atom. The van der Waals surface area contributed by atoms with Gasteiger partial charge in [-0.05, 0) is 31.4 Å². The van der Waals surface area contributed by atoms with E-state index in [1.165, 1.54) is 0 Å². The molecule has 0 unspecified atom stereocenters. The van der Waals surface area contributed by atoms with Crippen LogP contribution in [0.25, 0.3) is 11.6 Å². The van der Waals surface area contributed by atoms with Gasteiger partial charge < -0.3 is 10.2 Å². The smallest absolute Gasteiger partial charge is 0.271 e. The van der Waals surface area contributed by atoms with E-state index in [9.17, 15) is 4.79 Å². The van der Waals surface area contributed by atoms with Gasteiger partial charge in [-0.3, -0.25) is 14.9 Å². The van der Waals surface area contributed by atoms with E-state index < -0.39 is 0 Å². The summed E-state index contributed by atoms with van der Waals surface area (Å²) >= 11 is 0. The van der Waals surface area contributed by atoms with Crippen molar-refractivity contribution in [2.75, 3.05) is 6.61 Å². The summed E-state index contributed by atoms with van der Waals surface area (Å²) in [6.45, 7) is 6.41. The van der Waals surface area contributed by atoms with Gasteiger partial charge >= 0.3 is 0 Å². The van der Waals surface area contributed by atoms with Crippen LogP contribution in [-0.4, -0.2) is 27.6 Å². The van der Waals surface area contributed by atoms with Crippen LogP contribution in [0.15, 0.2) is 34.1 Å². The Labute approximate surface area is 147 Å². The van der Waals surface area contributed by atoms with Crippen molar-refractivity contribution >= 4 is 23.0 Å². The average Bonchev–Trinajstić information content (AvgIpc) is 3.10. The molecule has 0 radical (unpaired) electrons. The van der Waals surface area contributed by atoms with Gasteiger partial charge in [-0.15, -0.1) is 0 Å². The monoisotopic (exact) mass is 339 g/mol. The number of hydrogen-bond donors (Lipinski definition) is 3. The summed E-state index contributed by atoms with van der Waals surface area (Å²) in [4.78, 5) is 17.1. The standard InChI is InChI=1S/C20H25N3O2/c1-20(2,3)18-15(19(25)23-22-18)12-14-13-8-4-5-9-16(13)21-17(14)10-6-7-11-24/h4-5,8-9,12,24H,6-7,10-11H2,1-3H3,(H2,22,23,25). The van der Waals surface area contributed by atoms with Crippen LogP contribution in [0.1, 0.15) is 56.9 Å². The van der Waals surface area contributed by atoms with E-state index in [-0.39, 0.29) is 17.6 Å². The van der Waals surface area contributed by atoms with Crippen LogP contribution < -0.4 is 5.56 Å². The molecule has 1 aromatic carbocycles. The van der Waals surface area contributed by atoms with Gasteiger partial charge in [0.1, 0.15) is 0 Å². The summed E-state index contributed by atoms with van der Waals surface area (Å²) in [5, 5.41) is 14.8. The van der Waals surface area contributed by atoms with Crippen LogP contribution in [0.5, 0.6) is 0 Å². The number of benzene rings is 1. The van der Waals surface area contributed by atoms with E-state index in [1.807, 2.05) is 30.3 Å². The van der Waals surface area contributed by atoms with Gasteiger partial charge in [0.25, 0.3) is 5.56 Å². The second-order valence-corrected chi connectivity index (χ2v) is 7.43. The SMILES string of the molecule is CC(C)(C)c1[nH][nH]c(=O)c1C=C1C(CCCCO)=Nc2ccccc21. The molecule has 1 aromatic heterocycles. The predicted molar refractivity (Wildman–Crippen MR) is 102 cm³/mol. The first-order valence-corrected chi connectivity index (χ1v) is 8.73. The number of allylic oxidation sites excluding steroid dienone is 1. The van der Waals surface area contributed by atoms with E-state index >= 15 is 0 Å². The maximum atomic E-state index is 12.3. The van der Waals surface area contributed by atoms with E-state index in [0.29, 0.717) is 5.56 Å². The molecule has 0 saturated heterocycles. The zero-order valence-corrected chi connectivity index (χ0v) is 15.0. The second-order valence-electron chi connectivity index (χ2n) is 7.43. The van der Waals surface area contributed by atoms with Gasteiger partial charge in [-0.2, -0.15) is 0 Å². The average molecular weight is 339 g/mol. The van der Waals surface area contributed by atoms with Crippen molar-refractivity contribution < 1.29 is 5.11 Å². The summed E-state index contributed by atoms with van der Waals surface area (Å²) in [5.74, 6) is 0. The first kappa shape index (κ1) is 17.4. The third-order valence-corrected chi connectivity index (χ3v) is 4.44. The van der Waals surface area contributed by atoms with Crippen LogP contribution >= 0.6 is 0 Å². The summed E-state index contributed by atoms with van der Waals surface area (Å²) in [5.41, 5.74) is 5.26. The molecule has 25 heavy (non-hydrogen) atoms. The number of hydrogen-bond acceptors (Lipinski definition) is 3. The lowest BCUT2D eigenvalue weighted by Crippen LogP contribution is -2.15. The minimum atomic E-state index is -0.169. The van der Waals surface area contributed by atoms with Crippen molar-refractivity contribution in [2.45, 2.75) is 45.4 Å². The van der Waals surface area contributed by atoms with Crippen LogP contribution in [0.2, 0.25) is 0 Å². The Hall–Kier alpha value is -2.40. The normalized spacial score (nSPS) is 15.5. The highest BCUT2D eigenvalue weighted by molar-refractivity contribution is 6.32. The number of aliphatic hydroxyl groups excluding tert-OH is 1. The van der Waals surface area contributed by atoms with Gasteiger partial charge in [-0.1, -0.05) is 39.0 Å². The fraction of sp³-hybridized carbons (Fsp3) is 0.400. The Morgan fingerprint density at radius 1 is 1.16 bits per heavy atom. The first-order chi connectivity index (χ1) is 11.9. The van der Waals surface area contributed by atoms with Crippen molar-refractivity contribution in [2.24, 2.45) is 4.99 Å². The van der Waals surface area contributed by atoms with Crippen LogP contribution in [0, 0.1) is 0 Å². The molecule has 0 atom stereocenters. The highest BCUT2D eigenvalue weighted by atomic mass is 16.2. The minimum Gasteiger partial charge on any atom is -0.396 e. The van der Waals surface area contributed by atoms with E-state index in [2.05, 4.69) is 31.0 Å². The summed E-state index contributed by atoms with van der Waals surface area (Å²) in [6, 6.07) is 8.00. The van der Waals surface area contributed by atoms with Crippen molar-refractivity contribution in [3.05, 3.63) is 51.4 Å². The number of aliphatic imine (C=N–C) groups is 1. The molecule has 1 aliphatic rings. The highest BCUT2D eigenvalue weighted by Gasteiger charge is 2.25. The van der Waals surface area contributed by atoms with Crippen LogP contribution in [0.3, 0.4) is 0 Å². The molecular weight excluding hydrogens is 314 g/mol. The Balaban J connectivity index is 2.07. The van der Waals surface area contributed by atoms with Crippen LogP contribution in [-0.2, 0) is 5.41 Å². The molecule has 3 rings (SSSR count). The molecule has 132 valence electrons. The molecule has 2 aromatic rings. The molecule has 5 nitrogen and oxygen atoms in total. The van der Waals surface area contributed by atoms with Crippen molar-refractivity contribution in [3.63, 3.8) is 0 Å². The number of aromatic amines is 2. The highest BCUT2D eigenvalue weighted by Crippen LogP contribution is 2.37. The molecule has 0 spiro atoms. The number of nitrogens with one attached hydrogen (secondary N) is 2. The number of para-hydroxylation sites is 1. The third kappa shape index (κ3) is 3.51. The van der Waals surface area contributed by atoms with Gasteiger partial charge in [0.05, 0.1) is 11.3 Å². The van der Waals surface area contributed by atoms with Gasteiger partial charge in [0.2, 0.25) is 0 Å². The Morgan fingerprint density at radius 3 is 2.64 bits per heavy atom.